The highest BCUT2D eigenvalue weighted by molar-refractivity contribution is 5.66. The number of esters is 2. The van der Waals surface area contributed by atoms with Crippen LogP contribution < -0.4 is 0 Å². The quantitative estimate of drug-likeness (QED) is 0.411. The molecule has 1 saturated heterocycles. The zero-order valence-corrected chi connectivity index (χ0v) is 15.4. The standard InChI is InChI=1S/C18H28O7/c1-6-8-14(7-2)17(5)23-18(25-24-17)10-15(21-12(3)19)9-16(11-18)22-13(4)20/h6,14-16H,1,7-11H2,2-5H3. The third-order valence-electron chi connectivity index (χ3n) is 4.70. The van der Waals surface area contributed by atoms with Crippen molar-refractivity contribution < 1.29 is 33.6 Å². The van der Waals surface area contributed by atoms with E-state index in [1.807, 2.05) is 19.9 Å². The average molecular weight is 356 g/mol. The van der Waals surface area contributed by atoms with Gasteiger partial charge in [0.05, 0.1) is 0 Å². The molecule has 4 atom stereocenters. The minimum absolute atomic E-state index is 0.0608. The Morgan fingerprint density at radius 3 is 2.20 bits per heavy atom. The summed E-state index contributed by atoms with van der Waals surface area (Å²) in [5.41, 5.74) is 0. The third kappa shape index (κ3) is 4.80. The summed E-state index contributed by atoms with van der Waals surface area (Å²) < 4.78 is 16.9. The van der Waals surface area contributed by atoms with Gasteiger partial charge in [-0.2, -0.15) is 9.78 Å². The fraction of sp³-hybridized carbons (Fsp3) is 0.778. The van der Waals surface area contributed by atoms with Crippen molar-refractivity contribution in [2.45, 2.75) is 83.6 Å². The Hall–Kier alpha value is -1.44. The summed E-state index contributed by atoms with van der Waals surface area (Å²) in [6.07, 6.45) is 3.47. The molecule has 0 amide bonds. The number of carbonyl (C=O) groups excluding carboxylic acids is 2. The van der Waals surface area contributed by atoms with E-state index >= 15 is 0 Å². The smallest absolute Gasteiger partial charge is 0.302 e. The van der Waals surface area contributed by atoms with Gasteiger partial charge in [-0.3, -0.25) is 9.59 Å². The molecule has 0 aromatic carbocycles. The molecule has 7 nitrogen and oxygen atoms in total. The number of allylic oxidation sites excluding steroid dienone is 1. The van der Waals surface area contributed by atoms with Gasteiger partial charge in [0.2, 0.25) is 11.6 Å². The van der Waals surface area contributed by atoms with Crippen LogP contribution in [0.3, 0.4) is 0 Å². The van der Waals surface area contributed by atoms with E-state index in [-0.39, 0.29) is 5.92 Å². The van der Waals surface area contributed by atoms with Gasteiger partial charge >= 0.3 is 11.9 Å². The molecule has 1 aliphatic carbocycles. The summed E-state index contributed by atoms with van der Waals surface area (Å²) in [5.74, 6) is -2.79. The summed E-state index contributed by atoms with van der Waals surface area (Å²) in [6, 6.07) is 0. The topological polar surface area (TPSA) is 80.3 Å². The van der Waals surface area contributed by atoms with Crippen LogP contribution >= 0.6 is 0 Å². The third-order valence-corrected chi connectivity index (χ3v) is 4.70. The van der Waals surface area contributed by atoms with E-state index in [4.69, 9.17) is 24.0 Å². The lowest BCUT2D eigenvalue weighted by Crippen LogP contribution is -2.49. The van der Waals surface area contributed by atoms with Crippen LogP contribution in [0.2, 0.25) is 0 Å². The van der Waals surface area contributed by atoms with Crippen LogP contribution in [0.4, 0.5) is 0 Å². The number of hydrogen-bond acceptors (Lipinski definition) is 7. The van der Waals surface area contributed by atoms with Gasteiger partial charge in [-0.05, 0) is 19.8 Å². The first-order chi connectivity index (χ1) is 11.7. The number of ether oxygens (including phenoxy) is 3. The first kappa shape index (κ1) is 19.9. The zero-order chi connectivity index (χ0) is 18.7. The Balaban J connectivity index is 2.18. The fourth-order valence-electron chi connectivity index (χ4n) is 3.70. The molecule has 0 bridgehead atoms. The summed E-state index contributed by atoms with van der Waals surface area (Å²) in [6.45, 7) is 10.3. The molecule has 142 valence electrons. The molecule has 2 fully saturated rings. The molecule has 4 unspecified atom stereocenters. The predicted octanol–water partition coefficient (Wildman–Crippen LogP) is 3.03. The summed E-state index contributed by atoms with van der Waals surface area (Å²) in [4.78, 5) is 33.9. The van der Waals surface area contributed by atoms with Crippen LogP contribution in [-0.2, 0) is 33.6 Å². The maximum absolute atomic E-state index is 11.4. The second-order valence-corrected chi connectivity index (χ2v) is 6.93. The lowest BCUT2D eigenvalue weighted by Gasteiger charge is -2.39. The molecule has 1 spiro atoms. The molecular formula is C18H28O7. The van der Waals surface area contributed by atoms with E-state index in [9.17, 15) is 9.59 Å². The number of carbonyl (C=O) groups is 2. The lowest BCUT2D eigenvalue weighted by molar-refractivity contribution is -0.364. The molecule has 25 heavy (non-hydrogen) atoms. The molecule has 0 aromatic rings. The number of rotatable bonds is 6. The van der Waals surface area contributed by atoms with Crippen molar-refractivity contribution >= 4 is 11.9 Å². The van der Waals surface area contributed by atoms with E-state index in [0.29, 0.717) is 25.7 Å². The molecule has 7 heteroatoms. The minimum Gasteiger partial charge on any atom is -0.462 e. The van der Waals surface area contributed by atoms with Gasteiger partial charge in [-0.1, -0.05) is 13.0 Å². The molecule has 2 aliphatic rings. The molecule has 0 aromatic heterocycles. The van der Waals surface area contributed by atoms with Crippen LogP contribution in [0, 0.1) is 5.92 Å². The monoisotopic (exact) mass is 356 g/mol. The summed E-state index contributed by atoms with van der Waals surface area (Å²) in [7, 11) is 0. The largest absolute Gasteiger partial charge is 0.462 e. The maximum atomic E-state index is 11.4. The Morgan fingerprint density at radius 1 is 1.20 bits per heavy atom. The van der Waals surface area contributed by atoms with Crippen molar-refractivity contribution in [2.75, 3.05) is 0 Å². The van der Waals surface area contributed by atoms with Gasteiger partial charge < -0.3 is 14.2 Å². The molecule has 0 N–H and O–H groups in total. The van der Waals surface area contributed by atoms with Crippen LogP contribution in [-0.4, -0.2) is 35.7 Å². The lowest BCUT2D eigenvalue weighted by atomic mass is 9.88. The highest BCUT2D eigenvalue weighted by atomic mass is 17.3. The predicted molar refractivity (Wildman–Crippen MR) is 87.9 cm³/mol. The van der Waals surface area contributed by atoms with Gasteiger partial charge in [-0.25, -0.2) is 0 Å². The average Bonchev–Trinajstić information content (AvgIpc) is 2.80. The van der Waals surface area contributed by atoms with Crippen molar-refractivity contribution in [1.82, 2.24) is 0 Å². The Kier molecular flexibility index (Phi) is 6.24. The molecule has 1 heterocycles. The first-order valence-electron chi connectivity index (χ1n) is 8.74. The van der Waals surface area contributed by atoms with Gasteiger partial charge in [0.1, 0.15) is 12.2 Å². The van der Waals surface area contributed by atoms with Gasteiger partial charge in [0, 0.05) is 39.0 Å². The Labute approximate surface area is 148 Å². The number of hydrogen-bond donors (Lipinski definition) is 0. The van der Waals surface area contributed by atoms with Gasteiger partial charge in [0.25, 0.3) is 0 Å². The molecule has 1 saturated carbocycles. The summed E-state index contributed by atoms with van der Waals surface area (Å²) >= 11 is 0. The first-order valence-corrected chi connectivity index (χ1v) is 8.74. The van der Waals surface area contributed by atoms with E-state index < -0.39 is 35.7 Å². The molecule has 1 aliphatic heterocycles. The van der Waals surface area contributed by atoms with Crippen LogP contribution in [0.1, 0.15) is 59.8 Å². The zero-order valence-electron chi connectivity index (χ0n) is 15.4. The second kappa shape index (κ2) is 7.85. The van der Waals surface area contributed by atoms with Gasteiger partial charge in [-0.15, -0.1) is 6.58 Å². The molecular weight excluding hydrogens is 328 g/mol. The van der Waals surface area contributed by atoms with E-state index in [2.05, 4.69) is 6.58 Å². The van der Waals surface area contributed by atoms with Crippen molar-refractivity contribution in [3.63, 3.8) is 0 Å². The Morgan fingerprint density at radius 2 is 1.76 bits per heavy atom. The van der Waals surface area contributed by atoms with Crippen molar-refractivity contribution in [3.05, 3.63) is 12.7 Å². The van der Waals surface area contributed by atoms with Crippen molar-refractivity contribution in [3.8, 4) is 0 Å². The normalized spacial score (nSPS) is 36.0. The van der Waals surface area contributed by atoms with Crippen molar-refractivity contribution in [2.24, 2.45) is 5.92 Å². The second-order valence-electron chi connectivity index (χ2n) is 6.93. The van der Waals surface area contributed by atoms with Gasteiger partial charge in [0.15, 0.2) is 0 Å². The minimum atomic E-state index is -1.11. The van der Waals surface area contributed by atoms with E-state index in [0.717, 1.165) is 6.42 Å². The van der Waals surface area contributed by atoms with E-state index in [1.54, 1.807) is 0 Å². The highest BCUT2D eigenvalue weighted by Gasteiger charge is 2.57. The van der Waals surface area contributed by atoms with Crippen LogP contribution in [0.5, 0.6) is 0 Å². The SMILES string of the molecule is C=CCC(CC)C1(C)OOC2(CC(OC(C)=O)CC(OC(C)=O)C2)O1. The van der Waals surface area contributed by atoms with Crippen LogP contribution in [0.25, 0.3) is 0 Å². The van der Waals surface area contributed by atoms with E-state index in [1.165, 1.54) is 13.8 Å². The maximum Gasteiger partial charge on any atom is 0.302 e. The van der Waals surface area contributed by atoms with Crippen LogP contribution in [0.15, 0.2) is 12.7 Å². The fourth-order valence-corrected chi connectivity index (χ4v) is 3.70. The Bertz CT molecular complexity index is 494. The van der Waals surface area contributed by atoms with Crippen molar-refractivity contribution in [1.29, 1.82) is 0 Å². The molecule has 2 rings (SSSR count). The highest BCUT2D eigenvalue weighted by Crippen LogP contribution is 2.47. The summed E-state index contributed by atoms with van der Waals surface area (Å²) in [5, 5.41) is 0. The molecule has 0 radical (unpaired) electrons.